The SMILES string of the molecule is O=C(O)COc1cccc(NC(=O)CCCNC(=O)OCC2c3ccccc3-c3ccccc32)c1. The second-order valence-corrected chi connectivity index (χ2v) is 8.11. The quantitative estimate of drug-likeness (QED) is 0.375. The Balaban J connectivity index is 1.18. The molecule has 0 heterocycles. The van der Waals surface area contributed by atoms with Gasteiger partial charge >= 0.3 is 12.1 Å². The van der Waals surface area contributed by atoms with E-state index in [1.165, 1.54) is 11.1 Å². The monoisotopic (exact) mass is 474 g/mol. The smallest absolute Gasteiger partial charge is 0.407 e. The van der Waals surface area contributed by atoms with Gasteiger partial charge in [0, 0.05) is 30.6 Å². The zero-order valence-electron chi connectivity index (χ0n) is 19.0. The first-order valence-corrected chi connectivity index (χ1v) is 11.3. The van der Waals surface area contributed by atoms with Crippen molar-refractivity contribution in [2.75, 3.05) is 25.1 Å². The van der Waals surface area contributed by atoms with Crippen molar-refractivity contribution in [1.29, 1.82) is 0 Å². The van der Waals surface area contributed by atoms with Crippen LogP contribution in [0.2, 0.25) is 0 Å². The molecule has 3 aromatic rings. The molecule has 0 atom stereocenters. The fraction of sp³-hybridized carbons (Fsp3) is 0.222. The number of alkyl carbamates (subject to hydrolysis) is 1. The standard InChI is InChI=1S/C27H26N2O6/c30-25(29-18-7-5-8-19(15-18)34-17-26(31)32)13-6-14-28-27(33)35-16-24-22-11-3-1-9-20(22)21-10-2-4-12-23(21)24/h1-5,7-12,15,24H,6,13-14,16-17H2,(H,28,33)(H,29,30)(H,31,32). The van der Waals surface area contributed by atoms with Crippen LogP contribution in [0.25, 0.3) is 11.1 Å². The van der Waals surface area contributed by atoms with E-state index in [1.54, 1.807) is 24.3 Å². The Labute approximate surface area is 202 Å². The van der Waals surface area contributed by atoms with Crippen molar-refractivity contribution >= 4 is 23.7 Å². The van der Waals surface area contributed by atoms with Gasteiger partial charge in [0.1, 0.15) is 12.4 Å². The van der Waals surface area contributed by atoms with Gasteiger partial charge in [0.15, 0.2) is 6.61 Å². The van der Waals surface area contributed by atoms with Crippen LogP contribution in [-0.4, -0.2) is 42.8 Å². The first-order chi connectivity index (χ1) is 17.0. The van der Waals surface area contributed by atoms with Crippen molar-refractivity contribution in [3.8, 4) is 16.9 Å². The molecule has 0 bridgehead atoms. The minimum atomic E-state index is -1.08. The van der Waals surface area contributed by atoms with Gasteiger partial charge in [0.25, 0.3) is 0 Å². The number of amides is 2. The van der Waals surface area contributed by atoms with E-state index in [0.717, 1.165) is 11.1 Å². The molecule has 0 radical (unpaired) electrons. The molecule has 0 aromatic heterocycles. The van der Waals surface area contributed by atoms with Crippen molar-refractivity contribution in [2.24, 2.45) is 0 Å². The Morgan fingerprint density at radius 3 is 2.26 bits per heavy atom. The van der Waals surface area contributed by atoms with Crippen LogP contribution in [0.3, 0.4) is 0 Å². The lowest BCUT2D eigenvalue weighted by molar-refractivity contribution is -0.139. The number of rotatable bonds is 10. The number of hydrogen-bond acceptors (Lipinski definition) is 5. The summed E-state index contributed by atoms with van der Waals surface area (Å²) in [6, 6.07) is 22.8. The minimum Gasteiger partial charge on any atom is -0.482 e. The van der Waals surface area contributed by atoms with Crippen LogP contribution in [0.4, 0.5) is 10.5 Å². The van der Waals surface area contributed by atoms with Crippen LogP contribution < -0.4 is 15.4 Å². The molecule has 0 unspecified atom stereocenters. The maximum atomic E-state index is 12.2. The van der Waals surface area contributed by atoms with Crippen molar-refractivity contribution in [2.45, 2.75) is 18.8 Å². The van der Waals surface area contributed by atoms with E-state index in [0.29, 0.717) is 24.4 Å². The second kappa shape index (κ2) is 11.2. The molecule has 0 saturated carbocycles. The number of fused-ring (bicyclic) bond motifs is 3. The number of carboxylic acids is 1. The van der Waals surface area contributed by atoms with Crippen LogP contribution in [0.15, 0.2) is 72.8 Å². The van der Waals surface area contributed by atoms with Gasteiger partial charge in [-0.2, -0.15) is 0 Å². The van der Waals surface area contributed by atoms with E-state index in [9.17, 15) is 14.4 Å². The molecule has 180 valence electrons. The average molecular weight is 475 g/mol. The molecule has 1 aliphatic rings. The normalized spacial score (nSPS) is 11.8. The molecule has 0 saturated heterocycles. The third-order valence-electron chi connectivity index (χ3n) is 5.67. The van der Waals surface area contributed by atoms with Crippen molar-refractivity contribution in [1.82, 2.24) is 5.32 Å². The molecule has 0 aliphatic heterocycles. The first kappa shape index (κ1) is 23.8. The van der Waals surface area contributed by atoms with Crippen LogP contribution in [0.5, 0.6) is 5.75 Å². The fourth-order valence-corrected chi connectivity index (χ4v) is 4.12. The number of benzene rings is 3. The fourth-order valence-electron chi connectivity index (χ4n) is 4.12. The molecule has 0 fully saturated rings. The predicted molar refractivity (Wildman–Crippen MR) is 131 cm³/mol. The highest BCUT2D eigenvalue weighted by molar-refractivity contribution is 5.90. The van der Waals surface area contributed by atoms with Gasteiger partial charge < -0.3 is 25.2 Å². The highest BCUT2D eigenvalue weighted by Crippen LogP contribution is 2.44. The third-order valence-corrected chi connectivity index (χ3v) is 5.67. The van der Waals surface area contributed by atoms with E-state index >= 15 is 0 Å². The summed E-state index contributed by atoms with van der Waals surface area (Å²) in [5, 5.41) is 14.1. The Bertz CT molecular complexity index is 1180. The van der Waals surface area contributed by atoms with E-state index in [-0.39, 0.29) is 24.9 Å². The minimum absolute atomic E-state index is 0.00540. The van der Waals surface area contributed by atoms with Crippen molar-refractivity contribution < 1.29 is 29.0 Å². The van der Waals surface area contributed by atoms with E-state index in [4.69, 9.17) is 14.6 Å². The Kier molecular flexibility index (Phi) is 7.62. The molecule has 0 spiro atoms. The first-order valence-electron chi connectivity index (χ1n) is 11.3. The molecular formula is C27H26N2O6. The van der Waals surface area contributed by atoms with Crippen molar-refractivity contribution in [3.05, 3.63) is 83.9 Å². The van der Waals surface area contributed by atoms with Crippen LogP contribution in [-0.2, 0) is 14.3 Å². The molecule has 3 aromatic carbocycles. The molecule has 8 nitrogen and oxygen atoms in total. The number of carboxylic acid groups (broad SMARTS) is 1. The second-order valence-electron chi connectivity index (χ2n) is 8.11. The molecule has 35 heavy (non-hydrogen) atoms. The summed E-state index contributed by atoms with van der Waals surface area (Å²) in [7, 11) is 0. The third kappa shape index (κ3) is 6.17. The molecule has 8 heteroatoms. The summed E-state index contributed by atoms with van der Waals surface area (Å²) in [5.74, 6) is -0.964. The average Bonchev–Trinajstić information content (AvgIpc) is 3.18. The number of aliphatic carboxylic acids is 1. The Hall–Kier alpha value is -4.33. The van der Waals surface area contributed by atoms with Crippen molar-refractivity contribution in [3.63, 3.8) is 0 Å². The number of ether oxygens (including phenoxy) is 2. The lowest BCUT2D eigenvalue weighted by Crippen LogP contribution is -2.27. The summed E-state index contributed by atoms with van der Waals surface area (Å²) in [6.07, 6.45) is 0.116. The Morgan fingerprint density at radius 2 is 1.57 bits per heavy atom. The van der Waals surface area contributed by atoms with Gasteiger partial charge in [-0.1, -0.05) is 54.6 Å². The zero-order valence-corrected chi connectivity index (χ0v) is 19.0. The highest BCUT2D eigenvalue weighted by Gasteiger charge is 2.28. The predicted octanol–water partition coefficient (Wildman–Crippen LogP) is 4.41. The van der Waals surface area contributed by atoms with Gasteiger partial charge in [-0.05, 0) is 40.8 Å². The van der Waals surface area contributed by atoms with Gasteiger partial charge in [0.05, 0.1) is 0 Å². The van der Waals surface area contributed by atoms with Gasteiger partial charge in [-0.15, -0.1) is 0 Å². The zero-order chi connectivity index (χ0) is 24.6. The molecular weight excluding hydrogens is 448 g/mol. The van der Waals surface area contributed by atoms with Gasteiger partial charge in [-0.25, -0.2) is 9.59 Å². The molecule has 3 N–H and O–H groups in total. The summed E-state index contributed by atoms with van der Waals surface area (Å²) >= 11 is 0. The van der Waals surface area contributed by atoms with E-state index < -0.39 is 18.7 Å². The number of carbonyl (C=O) groups is 3. The number of anilines is 1. The lowest BCUT2D eigenvalue weighted by Gasteiger charge is -2.14. The highest BCUT2D eigenvalue weighted by atomic mass is 16.5. The summed E-state index contributed by atoms with van der Waals surface area (Å²) in [5.41, 5.74) is 5.14. The Morgan fingerprint density at radius 1 is 0.886 bits per heavy atom. The summed E-state index contributed by atoms with van der Waals surface area (Å²) < 4.78 is 10.6. The van der Waals surface area contributed by atoms with Crippen LogP contribution >= 0.6 is 0 Å². The molecule has 1 aliphatic carbocycles. The van der Waals surface area contributed by atoms with Crippen LogP contribution in [0.1, 0.15) is 29.9 Å². The maximum absolute atomic E-state index is 12.2. The number of nitrogens with one attached hydrogen (secondary N) is 2. The van der Waals surface area contributed by atoms with Crippen LogP contribution in [0, 0.1) is 0 Å². The maximum Gasteiger partial charge on any atom is 0.407 e. The largest absolute Gasteiger partial charge is 0.482 e. The number of carbonyl (C=O) groups excluding carboxylic acids is 2. The van der Waals surface area contributed by atoms with E-state index in [1.807, 2.05) is 24.3 Å². The topological polar surface area (TPSA) is 114 Å². The molecule has 4 rings (SSSR count). The summed E-state index contributed by atoms with van der Waals surface area (Å²) in [6.45, 7) is 0.0748. The molecule has 2 amide bonds. The lowest BCUT2D eigenvalue weighted by atomic mass is 9.98. The van der Waals surface area contributed by atoms with Gasteiger partial charge in [-0.3, -0.25) is 4.79 Å². The van der Waals surface area contributed by atoms with Gasteiger partial charge in [0.2, 0.25) is 5.91 Å². The number of hydrogen-bond donors (Lipinski definition) is 3. The summed E-state index contributed by atoms with van der Waals surface area (Å²) in [4.78, 5) is 35.0. The van der Waals surface area contributed by atoms with E-state index in [2.05, 4.69) is 34.9 Å².